The van der Waals surface area contributed by atoms with Crippen LogP contribution >= 0.6 is 0 Å². The first kappa shape index (κ1) is 17.5. The number of hydrogen-bond acceptors (Lipinski definition) is 3. The number of alkyl halides is 3. The van der Waals surface area contributed by atoms with Crippen molar-refractivity contribution in [1.29, 1.82) is 0 Å². The summed E-state index contributed by atoms with van der Waals surface area (Å²) in [6.45, 7) is 1.22. The number of aromatic amines is 1. The topological polar surface area (TPSA) is 86.9 Å². The van der Waals surface area contributed by atoms with Gasteiger partial charge < -0.3 is 15.6 Å². The molecule has 2 aromatic heterocycles. The van der Waals surface area contributed by atoms with Crippen LogP contribution in [0.5, 0.6) is 0 Å². The lowest BCUT2D eigenvalue weighted by atomic mass is 10.1. The van der Waals surface area contributed by atoms with Gasteiger partial charge in [-0.15, -0.1) is 0 Å². The highest BCUT2D eigenvalue weighted by Crippen LogP contribution is 2.34. The molecule has 26 heavy (non-hydrogen) atoms. The van der Waals surface area contributed by atoms with E-state index in [1.807, 2.05) is 0 Å². The quantitative estimate of drug-likeness (QED) is 0.610. The van der Waals surface area contributed by atoms with E-state index in [1.54, 1.807) is 12.1 Å². The number of rotatable bonds is 2. The highest BCUT2D eigenvalue weighted by atomic mass is 19.4. The second-order valence-electron chi connectivity index (χ2n) is 5.49. The lowest BCUT2D eigenvalue weighted by Crippen LogP contribution is -2.29. The summed E-state index contributed by atoms with van der Waals surface area (Å²) in [5.74, 6) is -2.11. The highest BCUT2D eigenvalue weighted by Gasteiger charge is 2.33. The van der Waals surface area contributed by atoms with E-state index in [1.165, 1.54) is 25.4 Å². The summed E-state index contributed by atoms with van der Waals surface area (Å²) in [5.41, 5.74) is 0.283. The molecule has 0 bridgehead atoms. The Morgan fingerprint density at radius 1 is 1.04 bits per heavy atom. The SMILES string of the molecule is Cc1c(NC(=O)C(=O)Nc2c[nH]c3cccnc23)cccc1C(F)(F)F. The van der Waals surface area contributed by atoms with Crippen molar-refractivity contribution in [2.75, 3.05) is 10.6 Å². The third-order valence-electron chi connectivity index (χ3n) is 3.78. The van der Waals surface area contributed by atoms with Gasteiger partial charge in [-0.25, -0.2) is 0 Å². The molecule has 3 rings (SSSR count). The number of pyridine rings is 1. The monoisotopic (exact) mass is 362 g/mol. The van der Waals surface area contributed by atoms with Gasteiger partial charge in [-0.05, 0) is 36.8 Å². The zero-order chi connectivity index (χ0) is 18.9. The van der Waals surface area contributed by atoms with Crippen molar-refractivity contribution < 1.29 is 22.8 Å². The Bertz CT molecular complexity index is 995. The molecule has 0 saturated heterocycles. The number of carbonyl (C=O) groups is 2. The maximum Gasteiger partial charge on any atom is 0.416 e. The van der Waals surface area contributed by atoms with Gasteiger partial charge in [0, 0.05) is 18.1 Å². The van der Waals surface area contributed by atoms with Crippen molar-refractivity contribution in [3.05, 3.63) is 53.9 Å². The third kappa shape index (κ3) is 3.37. The molecular weight excluding hydrogens is 349 g/mol. The minimum atomic E-state index is -4.55. The predicted molar refractivity (Wildman–Crippen MR) is 89.5 cm³/mol. The van der Waals surface area contributed by atoms with Crippen molar-refractivity contribution in [2.45, 2.75) is 13.1 Å². The molecule has 9 heteroatoms. The van der Waals surface area contributed by atoms with E-state index < -0.39 is 23.6 Å². The fourth-order valence-electron chi connectivity index (χ4n) is 2.49. The largest absolute Gasteiger partial charge is 0.416 e. The van der Waals surface area contributed by atoms with Crippen LogP contribution in [0.3, 0.4) is 0 Å². The summed E-state index contributed by atoms with van der Waals surface area (Å²) >= 11 is 0. The summed E-state index contributed by atoms with van der Waals surface area (Å²) < 4.78 is 38.8. The summed E-state index contributed by atoms with van der Waals surface area (Å²) in [7, 11) is 0. The van der Waals surface area contributed by atoms with Crippen LogP contribution in [-0.2, 0) is 15.8 Å². The number of halogens is 3. The van der Waals surface area contributed by atoms with Gasteiger partial charge in [0.15, 0.2) is 0 Å². The van der Waals surface area contributed by atoms with Crippen molar-refractivity contribution in [2.24, 2.45) is 0 Å². The van der Waals surface area contributed by atoms with Gasteiger partial charge in [0.05, 0.1) is 16.8 Å². The fourth-order valence-corrected chi connectivity index (χ4v) is 2.49. The normalized spacial score (nSPS) is 11.4. The van der Waals surface area contributed by atoms with Gasteiger partial charge in [-0.1, -0.05) is 6.07 Å². The van der Waals surface area contributed by atoms with Gasteiger partial charge in [0.2, 0.25) is 0 Å². The van der Waals surface area contributed by atoms with Crippen molar-refractivity contribution >= 4 is 34.2 Å². The van der Waals surface area contributed by atoms with Crippen LogP contribution in [-0.4, -0.2) is 21.8 Å². The first-order valence-corrected chi connectivity index (χ1v) is 7.48. The van der Waals surface area contributed by atoms with E-state index >= 15 is 0 Å². The Morgan fingerprint density at radius 3 is 2.42 bits per heavy atom. The Labute approximate surface area is 145 Å². The Balaban J connectivity index is 1.77. The van der Waals surface area contributed by atoms with Gasteiger partial charge in [0.25, 0.3) is 0 Å². The zero-order valence-electron chi connectivity index (χ0n) is 13.4. The molecule has 0 atom stereocenters. The van der Waals surface area contributed by atoms with Crippen LogP contribution in [0.2, 0.25) is 0 Å². The number of amides is 2. The average Bonchev–Trinajstić information content (AvgIpc) is 2.98. The van der Waals surface area contributed by atoms with Crippen LogP contribution in [0, 0.1) is 6.92 Å². The molecule has 0 saturated carbocycles. The highest BCUT2D eigenvalue weighted by molar-refractivity contribution is 6.44. The van der Waals surface area contributed by atoms with Crippen molar-refractivity contribution in [3.63, 3.8) is 0 Å². The smallest absolute Gasteiger partial charge is 0.358 e. The molecule has 2 heterocycles. The number of aromatic nitrogens is 2. The Morgan fingerprint density at radius 2 is 1.73 bits per heavy atom. The first-order chi connectivity index (χ1) is 12.3. The third-order valence-corrected chi connectivity index (χ3v) is 3.78. The second kappa shape index (κ2) is 6.51. The minimum absolute atomic E-state index is 0.0861. The van der Waals surface area contributed by atoms with Crippen LogP contribution in [0.15, 0.2) is 42.7 Å². The van der Waals surface area contributed by atoms with Crippen LogP contribution in [0.25, 0.3) is 11.0 Å². The van der Waals surface area contributed by atoms with E-state index in [-0.39, 0.29) is 11.3 Å². The number of nitrogens with one attached hydrogen (secondary N) is 3. The molecular formula is C17H13F3N4O2. The average molecular weight is 362 g/mol. The number of anilines is 2. The number of H-pyrrole nitrogens is 1. The molecule has 0 radical (unpaired) electrons. The zero-order valence-corrected chi connectivity index (χ0v) is 13.4. The molecule has 1 aromatic carbocycles. The lowest BCUT2D eigenvalue weighted by molar-refractivity contribution is -0.138. The summed E-state index contributed by atoms with van der Waals surface area (Å²) in [6, 6.07) is 6.80. The van der Waals surface area contributed by atoms with Crippen molar-refractivity contribution in [1.82, 2.24) is 9.97 Å². The maximum absolute atomic E-state index is 12.9. The molecule has 0 spiro atoms. The van der Waals surface area contributed by atoms with E-state index in [2.05, 4.69) is 20.6 Å². The van der Waals surface area contributed by atoms with Gasteiger partial charge >= 0.3 is 18.0 Å². The number of nitrogens with zero attached hydrogens (tertiary/aromatic N) is 1. The predicted octanol–water partition coefficient (Wildman–Crippen LogP) is 3.47. The summed E-state index contributed by atoms with van der Waals surface area (Å²) in [5, 5.41) is 4.58. The van der Waals surface area contributed by atoms with E-state index in [0.717, 1.165) is 12.1 Å². The van der Waals surface area contributed by atoms with E-state index in [4.69, 9.17) is 0 Å². The lowest BCUT2D eigenvalue weighted by Gasteiger charge is -2.14. The molecule has 2 amide bonds. The molecule has 134 valence electrons. The van der Waals surface area contributed by atoms with Crippen LogP contribution in [0.1, 0.15) is 11.1 Å². The van der Waals surface area contributed by atoms with Gasteiger partial charge in [-0.3, -0.25) is 14.6 Å². The van der Waals surface area contributed by atoms with Crippen LogP contribution in [0.4, 0.5) is 24.5 Å². The molecule has 0 unspecified atom stereocenters. The maximum atomic E-state index is 12.9. The van der Waals surface area contributed by atoms with E-state index in [0.29, 0.717) is 16.7 Å². The second-order valence-corrected chi connectivity index (χ2v) is 5.49. The fraction of sp³-hybridized carbons (Fsp3) is 0.118. The Hall–Kier alpha value is -3.36. The molecule has 0 aliphatic rings. The van der Waals surface area contributed by atoms with E-state index in [9.17, 15) is 22.8 Å². The van der Waals surface area contributed by atoms with Gasteiger partial charge in [-0.2, -0.15) is 13.2 Å². The molecule has 3 N–H and O–H groups in total. The van der Waals surface area contributed by atoms with Crippen molar-refractivity contribution in [3.8, 4) is 0 Å². The Kier molecular flexibility index (Phi) is 4.37. The molecule has 0 fully saturated rings. The number of carbonyl (C=O) groups excluding carboxylic acids is 2. The molecule has 3 aromatic rings. The summed E-state index contributed by atoms with van der Waals surface area (Å²) in [4.78, 5) is 31.1. The minimum Gasteiger partial charge on any atom is -0.358 e. The molecule has 0 aliphatic carbocycles. The molecule has 6 nitrogen and oxygen atoms in total. The number of hydrogen-bond donors (Lipinski definition) is 3. The number of benzene rings is 1. The van der Waals surface area contributed by atoms with Crippen LogP contribution < -0.4 is 10.6 Å². The molecule has 0 aliphatic heterocycles. The summed E-state index contributed by atoms with van der Waals surface area (Å²) in [6.07, 6.45) is -1.56. The van der Waals surface area contributed by atoms with Gasteiger partial charge in [0.1, 0.15) is 5.52 Å². The number of fused-ring (bicyclic) bond motifs is 1. The standard InChI is InChI=1S/C17H13F3N4O2/c1-9-10(17(18,19)20)4-2-5-11(9)23-15(25)16(26)24-13-8-22-12-6-3-7-21-14(12)13/h2-8,22H,1H3,(H,23,25)(H,24,26). The first-order valence-electron chi connectivity index (χ1n) is 7.48.